The minimum atomic E-state index is 0.166. The van der Waals surface area contributed by atoms with Crippen LogP contribution in [0.4, 0.5) is 0 Å². The highest BCUT2D eigenvalue weighted by Gasteiger charge is 2.24. The van der Waals surface area contributed by atoms with E-state index in [-0.39, 0.29) is 5.91 Å². The molecule has 26 heavy (non-hydrogen) atoms. The fraction of sp³-hybridized carbons (Fsp3) is 0.318. The summed E-state index contributed by atoms with van der Waals surface area (Å²) in [6.07, 6.45) is 4.59. The Morgan fingerprint density at radius 2 is 1.96 bits per heavy atom. The Kier molecular flexibility index (Phi) is 5.02. The van der Waals surface area contributed by atoms with E-state index in [0.717, 1.165) is 34.5 Å². The van der Waals surface area contributed by atoms with Gasteiger partial charge in [-0.05, 0) is 48.9 Å². The lowest BCUT2D eigenvalue weighted by Gasteiger charge is -2.06. The van der Waals surface area contributed by atoms with Crippen LogP contribution in [-0.4, -0.2) is 12.5 Å². The van der Waals surface area contributed by atoms with E-state index >= 15 is 0 Å². The van der Waals surface area contributed by atoms with Crippen molar-refractivity contribution in [1.82, 2.24) is 5.32 Å². The summed E-state index contributed by atoms with van der Waals surface area (Å²) in [5, 5.41) is 4.16. The molecule has 134 valence electrons. The number of carbonyl (C=O) groups is 1. The molecule has 3 nitrogen and oxygen atoms in total. The Hall–Kier alpha value is -2.20. The molecule has 1 aliphatic carbocycles. The summed E-state index contributed by atoms with van der Waals surface area (Å²) >= 11 is 4.47. The number of rotatable bonds is 7. The fourth-order valence-electron chi connectivity index (χ4n) is 3.37. The SMILES string of the molecule is O=C(CC1CC1)NCCc1c(Cc2ccccc2)oc2ccc(S)cc12. The van der Waals surface area contributed by atoms with Crippen molar-refractivity contribution in [3.63, 3.8) is 0 Å². The number of thiol groups is 1. The van der Waals surface area contributed by atoms with Gasteiger partial charge in [-0.2, -0.15) is 0 Å². The number of benzene rings is 2. The van der Waals surface area contributed by atoms with Crippen LogP contribution in [0.3, 0.4) is 0 Å². The molecule has 1 N–H and O–H groups in total. The number of carbonyl (C=O) groups excluding carboxylic acids is 1. The predicted molar refractivity (Wildman–Crippen MR) is 107 cm³/mol. The lowest BCUT2D eigenvalue weighted by Crippen LogP contribution is -2.25. The Balaban J connectivity index is 1.54. The van der Waals surface area contributed by atoms with Crippen LogP contribution < -0.4 is 5.32 Å². The summed E-state index contributed by atoms with van der Waals surface area (Å²) in [6, 6.07) is 16.3. The van der Waals surface area contributed by atoms with Gasteiger partial charge in [-0.3, -0.25) is 4.79 Å². The van der Waals surface area contributed by atoms with Crippen molar-refractivity contribution < 1.29 is 9.21 Å². The van der Waals surface area contributed by atoms with Gasteiger partial charge in [-0.25, -0.2) is 0 Å². The summed E-state index contributed by atoms with van der Waals surface area (Å²) in [4.78, 5) is 12.9. The van der Waals surface area contributed by atoms with Crippen LogP contribution in [0.1, 0.15) is 36.1 Å². The minimum absolute atomic E-state index is 0.166. The van der Waals surface area contributed by atoms with Crippen molar-refractivity contribution in [3.05, 3.63) is 65.4 Å². The Morgan fingerprint density at radius 3 is 2.73 bits per heavy atom. The Morgan fingerprint density at radius 1 is 1.15 bits per heavy atom. The molecule has 4 rings (SSSR count). The van der Waals surface area contributed by atoms with Crippen LogP contribution >= 0.6 is 12.6 Å². The topological polar surface area (TPSA) is 42.2 Å². The van der Waals surface area contributed by atoms with Gasteiger partial charge in [0.05, 0.1) is 0 Å². The van der Waals surface area contributed by atoms with E-state index in [9.17, 15) is 4.79 Å². The van der Waals surface area contributed by atoms with E-state index in [2.05, 4.69) is 36.1 Å². The van der Waals surface area contributed by atoms with Gasteiger partial charge >= 0.3 is 0 Å². The van der Waals surface area contributed by atoms with Gasteiger partial charge in [0.15, 0.2) is 0 Å². The standard InChI is InChI=1S/C22H23NO2S/c24-22(13-16-6-7-16)23-11-10-18-19-14-17(26)8-9-20(19)25-21(18)12-15-4-2-1-3-5-15/h1-5,8-9,14,16,26H,6-7,10-13H2,(H,23,24). The molecule has 1 fully saturated rings. The zero-order valence-electron chi connectivity index (χ0n) is 14.7. The average Bonchev–Trinajstić information content (AvgIpc) is 3.38. The molecular weight excluding hydrogens is 342 g/mol. The number of fused-ring (bicyclic) bond motifs is 1. The van der Waals surface area contributed by atoms with Crippen LogP contribution in [0.15, 0.2) is 57.8 Å². The molecule has 0 aliphatic heterocycles. The summed E-state index contributed by atoms with van der Waals surface area (Å²) in [5.74, 6) is 1.76. The summed E-state index contributed by atoms with van der Waals surface area (Å²) in [6.45, 7) is 0.638. The molecular formula is C22H23NO2S. The Bertz CT molecular complexity index is 913. The average molecular weight is 365 g/mol. The van der Waals surface area contributed by atoms with Gasteiger partial charge in [0.1, 0.15) is 11.3 Å². The first-order valence-electron chi connectivity index (χ1n) is 9.23. The van der Waals surface area contributed by atoms with Crippen LogP contribution in [0.2, 0.25) is 0 Å². The fourth-order valence-corrected chi connectivity index (χ4v) is 3.57. The highest BCUT2D eigenvalue weighted by molar-refractivity contribution is 7.80. The van der Waals surface area contributed by atoms with Crippen molar-refractivity contribution in [2.75, 3.05) is 6.54 Å². The van der Waals surface area contributed by atoms with Crippen molar-refractivity contribution in [1.29, 1.82) is 0 Å². The van der Waals surface area contributed by atoms with Gasteiger partial charge in [-0.1, -0.05) is 30.3 Å². The molecule has 0 unspecified atom stereocenters. The van der Waals surface area contributed by atoms with Crippen LogP contribution in [0.25, 0.3) is 11.0 Å². The second-order valence-corrected chi connectivity index (χ2v) is 7.61. The highest BCUT2D eigenvalue weighted by Crippen LogP contribution is 2.32. The molecule has 4 heteroatoms. The number of hydrogen-bond donors (Lipinski definition) is 2. The van der Waals surface area contributed by atoms with Gasteiger partial charge in [0.2, 0.25) is 5.91 Å². The van der Waals surface area contributed by atoms with Crippen LogP contribution in [0.5, 0.6) is 0 Å². The molecule has 1 amide bonds. The highest BCUT2D eigenvalue weighted by atomic mass is 32.1. The molecule has 0 spiro atoms. The maximum atomic E-state index is 12.0. The molecule has 0 bridgehead atoms. The maximum Gasteiger partial charge on any atom is 0.220 e. The molecule has 0 saturated heterocycles. The van der Waals surface area contributed by atoms with Gasteiger partial charge < -0.3 is 9.73 Å². The first-order chi connectivity index (χ1) is 12.7. The second-order valence-electron chi connectivity index (χ2n) is 7.09. The Labute approximate surface area is 159 Å². The zero-order chi connectivity index (χ0) is 17.9. The van der Waals surface area contributed by atoms with E-state index in [0.29, 0.717) is 18.9 Å². The molecule has 2 aromatic carbocycles. The number of nitrogens with one attached hydrogen (secondary N) is 1. The third kappa shape index (κ3) is 4.13. The monoisotopic (exact) mass is 365 g/mol. The van der Waals surface area contributed by atoms with E-state index in [4.69, 9.17) is 4.42 Å². The van der Waals surface area contributed by atoms with Crippen molar-refractivity contribution >= 4 is 29.5 Å². The van der Waals surface area contributed by atoms with Crippen molar-refractivity contribution in [3.8, 4) is 0 Å². The quantitative estimate of drug-likeness (QED) is 0.592. The lowest BCUT2D eigenvalue weighted by atomic mass is 10.0. The van der Waals surface area contributed by atoms with Crippen molar-refractivity contribution in [2.24, 2.45) is 5.92 Å². The van der Waals surface area contributed by atoms with E-state index in [1.54, 1.807) is 0 Å². The number of hydrogen-bond acceptors (Lipinski definition) is 3. The molecule has 0 radical (unpaired) electrons. The largest absolute Gasteiger partial charge is 0.460 e. The third-order valence-corrected chi connectivity index (χ3v) is 5.21. The first-order valence-corrected chi connectivity index (χ1v) is 9.67. The van der Waals surface area contributed by atoms with E-state index in [1.807, 2.05) is 30.3 Å². The number of furan rings is 1. The molecule has 0 atom stereocenters. The normalized spacial score (nSPS) is 13.9. The lowest BCUT2D eigenvalue weighted by molar-refractivity contribution is -0.121. The van der Waals surface area contributed by atoms with Crippen LogP contribution in [-0.2, 0) is 17.6 Å². The van der Waals surface area contributed by atoms with Gasteiger partial charge in [0, 0.05) is 35.2 Å². The molecule has 1 saturated carbocycles. The number of amides is 1. The minimum Gasteiger partial charge on any atom is -0.460 e. The zero-order valence-corrected chi connectivity index (χ0v) is 15.6. The summed E-state index contributed by atoms with van der Waals surface area (Å²) in [7, 11) is 0. The van der Waals surface area contributed by atoms with Crippen LogP contribution in [0, 0.1) is 5.92 Å². The second kappa shape index (κ2) is 7.58. The van der Waals surface area contributed by atoms with Crippen molar-refractivity contribution in [2.45, 2.75) is 37.0 Å². The predicted octanol–water partition coefficient (Wildman–Crippen LogP) is 4.77. The first kappa shape index (κ1) is 17.2. The molecule has 1 aromatic heterocycles. The van der Waals surface area contributed by atoms with Gasteiger partial charge in [-0.15, -0.1) is 12.6 Å². The smallest absolute Gasteiger partial charge is 0.220 e. The maximum absolute atomic E-state index is 12.0. The summed E-state index contributed by atoms with van der Waals surface area (Å²) in [5.41, 5.74) is 3.27. The molecule has 3 aromatic rings. The summed E-state index contributed by atoms with van der Waals surface area (Å²) < 4.78 is 6.14. The molecule has 1 heterocycles. The van der Waals surface area contributed by atoms with Gasteiger partial charge in [0.25, 0.3) is 0 Å². The van der Waals surface area contributed by atoms with E-state index in [1.165, 1.54) is 24.0 Å². The third-order valence-electron chi connectivity index (χ3n) is 4.93. The molecule has 1 aliphatic rings. The van der Waals surface area contributed by atoms with E-state index < -0.39 is 0 Å².